The van der Waals surface area contributed by atoms with Crippen molar-refractivity contribution < 1.29 is 4.79 Å². The Morgan fingerprint density at radius 2 is 2.23 bits per heavy atom. The maximum atomic E-state index is 12.2. The molecule has 0 saturated carbocycles. The van der Waals surface area contributed by atoms with Gasteiger partial charge < -0.3 is 9.88 Å². The van der Waals surface area contributed by atoms with Crippen LogP contribution in [0.1, 0.15) is 25.7 Å². The van der Waals surface area contributed by atoms with E-state index in [1.165, 1.54) is 11.8 Å². The number of anilines is 1. The molecule has 0 aliphatic carbocycles. The second kappa shape index (κ2) is 7.88. The molecular formula is C16H18ClN7OS. The summed E-state index contributed by atoms with van der Waals surface area (Å²) in [4.78, 5) is 16.5. The molecule has 2 N–H and O–H groups in total. The highest BCUT2D eigenvalue weighted by Crippen LogP contribution is 2.28. The summed E-state index contributed by atoms with van der Waals surface area (Å²) in [6, 6.07) is 5.47. The van der Waals surface area contributed by atoms with Gasteiger partial charge in [0.15, 0.2) is 11.0 Å². The number of amides is 1. The third kappa shape index (κ3) is 4.23. The first kappa shape index (κ1) is 18.4. The molecule has 0 atom stereocenters. The summed E-state index contributed by atoms with van der Waals surface area (Å²) in [5, 5.41) is 18.8. The lowest BCUT2D eigenvalue weighted by Crippen LogP contribution is -2.14. The van der Waals surface area contributed by atoms with Crippen molar-refractivity contribution in [3.8, 4) is 11.4 Å². The summed E-state index contributed by atoms with van der Waals surface area (Å²) in [5.41, 5.74) is 1.32. The van der Waals surface area contributed by atoms with Gasteiger partial charge in [-0.3, -0.25) is 9.89 Å². The fourth-order valence-electron chi connectivity index (χ4n) is 2.25. The maximum Gasteiger partial charge on any atom is 0.234 e. The van der Waals surface area contributed by atoms with Crippen molar-refractivity contribution >= 4 is 35.0 Å². The number of thioether (sulfide) groups is 1. The zero-order valence-electron chi connectivity index (χ0n) is 14.5. The lowest BCUT2D eigenvalue weighted by atomic mass is 10.2. The molecule has 0 unspecified atom stereocenters. The number of carbonyl (C=O) groups is 1. The van der Waals surface area contributed by atoms with E-state index >= 15 is 0 Å². The Labute approximate surface area is 159 Å². The number of nitrogens with zero attached hydrogens (tertiary/aromatic N) is 5. The molecule has 3 aromatic rings. The van der Waals surface area contributed by atoms with Crippen molar-refractivity contribution in [2.45, 2.75) is 32.0 Å². The molecular weight excluding hydrogens is 374 g/mol. The van der Waals surface area contributed by atoms with E-state index in [2.05, 4.69) is 30.7 Å². The zero-order valence-corrected chi connectivity index (χ0v) is 16.1. The molecule has 1 amide bonds. The van der Waals surface area contributed by atoms with E-state index in [1.54, 1.807) is 24.5 Å². The van der Waals surface area contributed by atoms with E-state index in [9.17, 15) is 4.79 Å². The largest absolute Gasteiger partial charge is 0.325 e. The number of carbonyl (C=O) groups excluding carboxylic acids is 1. The monoisotopic (exact) mass is 391 g/mol. The van der Waals surface area contributed by atoms with Crippen LogP contribution in [-0.2, 0) is 4.79 Å². The highest BCUT2D eigenvalue weighted by Gasteiger charge is 2.13. The third-order valence-electron chi connectivity index (χ3n) is 3.52. The Kier molecular flexibility index (Phi) is 5.58. The molecule has 10 heteroatoms. The Balaban J connectivity index is 1.62. The number of hydrogen-bond acceptors (Lipinski definition) is 6. The van der Waals surface area contributed by atoms with Gasteiger partial charge in [0.05, 0.1) is 10.8 Å². The Morgan fingerprint density at radius 3 is 2.88 bits per heavy atom. The summed E-state index contributed by atoms with van der Waals surface area (Å²) in [7, 11) is 0. The molecule has 0 aliphatic rings. The number of aromatic amines is 1. The van der Waals surface area contributed by atoms with Crippen LogP contribution in [0.5, 0.6) is 0 Å². The molecule has 26 heavy (non-hydrogen) atoms. The molecule has 2 heterocycles. The SMILES string of the molecule is Cc1nc(-c2ccc(NC(=O)CSc3nncn3C(C)C)cc2Cl)n[nH]1. The summed E-state index contributed by atoms with van der Waals surface area (Å²) in [6.07, 6.45) is 1.66. The van der Waals surface area contributed by atoms with Gasteiger partial charge in [-0.2, -0.15) is 5.10 Å². The number of rotatable bonds is 6. The lowest BCUT2D eigenvalue weighted by molar-refractivity contribution is -0.113. The summed E-state index contributed by atoms with van der Waals surface area (Å²) in [5.74, 6) is 1.31. The van der Waals surface area contributed by atoms with Crippen molar-refractivity contribution in [1.29, 1.82) is 0 Å². The molecule has 0 bridgehead atoms. The number of benzene rings is 1. The minimum atomic E-state index is -0.147. The van der Waals surface area contributed by atoms with Gasteiger partial charge in [-0.1, -0.05) is 23.4 Å². The van der Waals surface area contributed by atoms with Crippen molar-refractivity contribution in [2.24, 2.45) is 0 Å². The summed E-state index contributed by atoms with van der Waals surface area (Å²) < 4.78 is 1.92. The molecule has 2 aromatic heterocycles. The molecule has 8 nitrogen and oxygen atoms in total. The van der Waals surface area contributed by atoms with Crippen LogP contribution in [0.4, 0.5) is 5.69 Å². The van der Waals surface area contributed by atoms with E-state index in [4.69, 9.17) is 11.6 Å². The Hall–Kier alpha value is -2.39. The van der Waals surface area contributed by atoms with Gasteiger partial charge in [0.25, 0.3) is 0 Å². The van der Waals surface area contributed by atoms with Crippen molar-refractivity contribution in [3.63, 3.8) is 0 Å². The van der Waals surface area contributed by atoms with Gasteiger partial charge >= 0.3 is 0 Å². The van der Waals surface area contributed by atoms with E-state index in [0.717, 1.165) is 0 Å². The third-order valence-corrected chi connectivity index (χ3v) is 4.79. The van der Waals surface area contributed by atoms with Crippen LogP contribution in [0, 0.1) is 6.92 Å². The minimum Gasteiger partial charge on any atom is -0.325 e. The maximum absolute atomic E-state index is 12.2. The molecule has 0 aliphatic heterocycles. The molecule has 0 fully saturated rings. The zero-order chi connectivity index (χ0) is 18.7. The van der Waals surface area contributed by atoms with Crippen molar-refractivity contribution in [3.05, 3.63) is 35.4 Å². The summed E-state index contributed by atoms with van der Waals surface area (Å²) >= 11 is 7.64. The van der Waals surface area contributed by atoms with E-state index < -0.39 is 0 Å². The van der Waals surface area contributed by atoms with Crippen LogP contribution in [0.3, 0.4) is 0 Å². The molecule has 1 aromatic carbocycles. The van der Waals surface area contributed by atoms with Crippen LogP contribution in [-0.4, -0.2) is 41.6 Å². The van der Waals surface area contributed by atoms with E-state index in [-0.39, 0.29) is 17.7 Å². The molecule has 3 rings (SSSR count). The minimum absolute atomic E-state index is 0.147. The predicted molar refractivity (Wildman–Crippen MR) is 101 cm³/mol. The van der Waals surface area contributed by atoms with Crippen molar-refractivity contribution in [2.75, 3.05) is 11.1 Å². The van der Waals surface area contributed by atoms with Crippen LogP contribution < -0.4 is 5.32 Å². The van der Waals surface area contributed by atoms with Gasteiger partial charge in [0.1, 0.15) is 12.2 Å². The molecule has 0 spiro atoms. The first-order chi connectivity index (χ1) is 12.4. The molecule has 0 saturated heterocycles. The summed E-state index contributed by atoms with van der Waals surface area (Å²) in [6.45, 7) is 5.89. The lowest BCUT2D eigenvalue weighted by Gasteiger charge is -2.10. The number of aromatic nitrogens is 6. The van der Waals surface area contributed by atoms with Gasteiger partial charge in [-0.15, -0.1) is 10.2 Å². The fraction of sp³-hybridized carbons (Fsp3) is 0.312. The second-order valence-corrected chi connectivity index (χ2v) is 7.24. The highest BCUT2D eigenvalue weighted by atomic mass is 35.5. The van der Waals surface area contributed by atoms with Crippen LogP contribution in [0.2, 0.25) is 5.02 Å². The number of nitrogens with one attached hydrogen (secondary N) is 2. The van der Waals surface area contributed by atoms with Crippen LogP contribution in [0.25, 0.3) is 11.4 Å². The number of H-pyrrole nitrogens is 1. The molecule has 136 valence electrons. The normalized spacial score (nSPS) is 11.1. The molecule has 0 radical (unpaired) electrons. The Morgan fingerprint density at radius 1 is 1.42 bits per heavy atom. The number of halogens is 1. The van der Waals surface area contributed by atoms with Crippen LogP contribution in [0.15, 0.2) is 29.7 Å². The van der Waals surface area contributed by atoms with Gasteiger partial charge in [-0.05, 0) is 39.0 Å². The van der Waals surface area contributed by atoms with E-state index in [1.807, 2.05) is 25.3 Å². The average molecular weight is 392 g/mol. The topological polar surface area (TPSA) is 101 Å². The first-order valence-corrected chi connectivity index (χ1v) is 9.31. The van der Waals surface area contributed by atoms with Gasteiger partial charge in [-0.25, -0.2) is 4.98 Å². The first-order valence-electron chi connectivity index (χ1n) is 7.95. The van der Waals surface area contributed by atoms with Crippen molar-refractivity contribution in [1.82, 2.24) is 29.9 Å². The standard InChI is InChI=1S/C16H18ClN7OS/c1-9(2)24-8-18-23-16(24)26-7-14(25)20-11-4-5-12(13(17)6-11)15-19-10(3)21-22-15/h4-6,8-9H,7H2,1-3H3,(H,20,25)(H,19,21,22). The quantitative estimate of drug-likeness (QED) is 0.625. The average Bonchev–Trinajstić information content (AvgIpc) is 3.22. The predicted octanol–water partition coefficient (Wildman–Crippen LogP) is 3.34. The van der Waals surface area contributed by atoms with E-state index in [0.29, 0.717) is 33.1 Å². The van der Waals surface area contributed by atoms with Gasteiger partial charge in [0, 0.05) is 17.3 Å². The second-order valence-electron chi connectivity index (χ2n) is 5.89. The number of aryl methyl sites for hydroxylation is 1. The fourth-order valence-corrected chi connectivity index (χ4v) is 3.36. The number of hydrogen-bond donors (Lipinski definition) is 2. The van der Waals surface area contributed by atoms with Crippen LogP contribution >= 0.6 is 23.4 Å². The van der Waals surface area contributed by atoms with Gasteiger partial charge in [0.2, 0.25) is 5.91 Å². The smallest absolute Gasteiger partial charge is 0.234 e. The highest BCUT2D eigenvalue weighted by molar-refractivity contribution is 7.99. The Bertz CT molecular complexity index is 921.